The first-order valence-corrected chi connectivity index (χ1v) is 10.5. The van der Waals surface area contributed by atoms with Gasteiger partial charge in [-0.15, -0.1) is 0 Å². The third-order valence-electron chi connectivity index (χ3n) is 4.80. The Kier molecular flexibility index (Phi) is 9.84. The number of carbonyl (C=O) groups is 3. The molecule has 0 fully saturated rings. The first kappa shape index (κ1) is 25.3. The molecule has 10 nitrogen and oxygen atoms in total. The zero-order chi connectivity index (χ0) is 24.2. The van der Waals surface area contributed by atoms with Crippen LogP contribution in [-0.4, -0.2) is 48.0 Å². The molecule has 0 aliphatic carbocycles. The Labute approximate surface area is 192 Å². The van der Waals surface area contributed by atoms with Gasteiger partial charge in [0, 0.05) is 11.3 Å². The highest BCUT2D eigenvalue weighted by Crippen LogP contribution is 2.18. The maximum absolute atomic E-state index is 13.3. The number of nitrogens with two attached hydrogens (primary N) is 2. The van der Waals surface area contributed by atoms with Crippen LogP contribution in [0.3, 0.4) is 0 Å². The van der Waals surface area contributed by atoms with E-state index in [1.165, 1.54) is 24.3 Å². The molecule has 2 aromatic carbocycles. The lowest BCUT2D eigenvalue weighted by Gasteiger charge is -2.27. The largest absolute Gasteiger partial charge is 0.480 e. The molecule has 0 unspecified atom stereocenters. The Morgan fingerprint density at radius 2 is 1.73 bits per heavy atom. The highest BCUT2D eigenvalue weighted by Gasteiger charge is 2.28. The summed E-state index contributed by atoms with van der Waals surface area (Å²) in [5.41, 5.74) is 12.5. The van der Waals surface area contributed by atoms with Crippen molar-refractivity contribution in [2.24, 2.45) is 11.5 Å². The minimum absolute atomic E-state index is 0.0295. The van der Waals surface area contributed by atoms with E-state index in [-0.39, 0.29) is 18.9 Å². The average Bonchev–Trinajstić information content (AvgIpc) is 2.81. The monoisotopic (exact) mass is 455 g/mol. The van der Waals surface area contributed by atoms with Crippen molar-refractivity contribution in [2.45, 2.75) is 31.9 Å². The first-order chi connectivity index (χ1) is 15.8. The van der Waals surface area contributed by atoms with Gasteiger partial charge in [0.15, 0.2) is 0 Å². The Bertz CT molecular complexity index is 949. The minimum atomic E-state index is -1.22. The summed E-state index contributed by atoms with van der Waals surface area (Å²) in [6.07, 6.45) is 0.664. The molecule has 0 radical (unpaired) electrons. The fraction of sp³-hybridized carbons (Fsp3) is 0.304. The quantitative estimate of drug-likeness (QED) is 0.184. The van der Waals surface area contributed by atoms with E-state index in [2.05, 4.69) is 5.32 Å². The lowest BCUT2D eigenvalue weighted by Crippen LogP contribution is -2.50. The van der Waals surface area contributed by atoms with Crippen LogP contribution in [0, 0.1) is 5.41 Å². The molecule has 0 aromatic heterocycles. The number of unbranched alkanes of at least 4 members (excludes halogenated alkanes) is 1. The number of benzene rings is 2. The number of anilines is 1. The van der Waals surface area contributed by atoms with Gasteiger partial charge in [0.2, 0.25) is 5.91 Å². The summed E-state index contributed by atoms with van der Waals surface area (Å²) in [5, 5.41) is 19.4. The molecular weight excluding hydrogens is 426 g/mol. The molecule has 0 spiro atoms. The van der Waals surface area contributed by atoms with Crippen molar-refractivity contribution >= 4 is 29.5 Å². The number of amidine groups is 1. The number of rotatable bonds is 12. The van der Waals surface area contributed by atoms with Crippen molar-refractivity contribution in [3.63, 3.8) is 0 Å². The summed E-state index contributed by atoms with van der Waals surface area (Å²) < 4.78 is 5.22. The minimum Gasteiger partial charge on any atom is -0.480 e. The van der Waals surface area contributed by atoms with Crippen LogP contribution in [0.1, 0.15) is 30.4 Å². The molecule has 33 heavy (non-hydrogen) atoms. The van der Waals surface area contributed by atoms with Gasteiger partial charge in [0.05, 0.1) is 0 Å². The van der Waals surface area contributed by atoms with Gasteiger partial charge in [-0.3, -0.25) is 19.9 Å². The number of hydrogen-bond donors (Lipinski definition) is 5. The van der Waals surface area contributed by atoms with E-state index in [1.54, 1.807) is 12.1 Å². The van der Waals surface area contributed by atoms with Crippen LogP contribution < -0.4 is 21.7 Å². The maximum atomic E-state index is 13.3. The van der Waals surface area contributed by atoms with Crippen molar-refractivity contribution in [3.05, 3.63) is 65.7 Å². The summed E-state index contributed by atoms with van der Waals surface area (Å²) >= 11 is 0. The lowest BCUT2D eigenvalue weighted by molar-refractivity contribution is -0.136. The second kappa shape index (κ2) is 12.8. The summed E-state index contributed by atoms with van der Waals surface area (Å²) in [6.45, 7) is -0.154. The van der Waals surface area contributed by atoms with E-state index in [9.17, 15) is 19.5 Å². The van der Waals surface area contributed by atoms with Crippen molar-refractivity contribution in [2.75, 3.05) is 18.0 Å². The van der Waals surface area contributed by atoms with Gasteiger partial charge in [-0.25, -0.2) is 4.79 Å². The smallest absolute Gasteiger partial charge is 0.408 e. The zero-order valence-electron chi connectivity index (χ0n) is 18.2. The molecule has 0 saturated heterocycles. The molecule has 0 bridgehead atoms. The third-order valence-corrected chi connectivity index (χ3v) is 4.80. The van der Waals surface area contributed by atoms with E-state index in [0.29, 0.717) is 30.6 Å². The number of carboxylic acids is 1. The molecule has 0 aliphatic rings. The lowest BCUT2D eigenvalue weighted by atomic mass is 10.1. The van der Waals surface area contributed by atoms with Gasteiger partial charge in [0.25, 0.3) is 0 Å². The zero-order valence-corrected chi connectivity index (χ0v) is 18.2. The molecule has 2 rings (SSSR count). The summed E-state index contributed by atoms with van der Waals surface area (Å²) in [7, 11) is 0. The number of nitrogens with one attached hydrogen (secondary N) is 2. The van der Waals surface area contributed by atoms with Crippen LogP contribution in [0.5, 0.6) is 0 Å². The molecule has 7 N–H and O–H groups in total. The molecule has 0 aliphatic heterocycles. The van der Waals surface area contributed by atoms with Crippen LogP contribution in [0.2, 0.25) is 0 Å². The summed E-state index contributed by atoms with van der Waals surface area (Å²) in [5.74, 6) is -1.96. The molecule has 0 heterocycles. The van der Waals surface area contributed by atoms with Gasteiger partial charge in [-0.2, -0.15) is 0 Å². The number of nitrogens with zero attached hydrogens (tertiary/aromatic N) is 1. The summed E-state index contributed by atoms with van der Waals surface area (Å²) in [4.78, 5) is 38.2. The van der Waals surface area contributed by atoms with Crippen LogP contribution in [0.4, 0.5) is 10.5 Å². The normalized spacial score (nSPS) is 11.3. The van der Waals surface area contributed by atoms with E-state index in [0.717, 1.165) is 10.5 Å². The maximum Gasteiger partial charge on any atom is 0.408 e. The van der Waals surface area contributed by atoms with Gasteiger partial charge < -0.3 is 26.6 Å². The van der Waals surface area contributed by atoms with Crippen molar-refractivity contribution in [3.8, 4) is 0 Å². The van der Waals surface area contributed by atoms with Crippen molar-refractivity contribution in [1.29, 1.82) is 5.41 Å². The van der Waals surface area contributed by atoms with Crippen LogP contribution in [0.25, 0.3) is 0 Å². The fourth-order valence-corrected chi connectivity index (χ4v) is 3.10. The van der Waals surface area contributed by atoms with Gasteiger partial charge >= 0.3 is 12.1 Å². The number of alkyl carbamates (subject to hydrolysis) is 1. The number of hydrogen-bond acceptors (Lipinski definition) is 6. The number of carboxylic acid groups (broad SMARTS) is 1. The van der Waals surface area contributed by atoms with E-state index in [1.807, 2.05) is 18.2 Å². The van der Waals surface area contributed by atoms with Crippen LogP contribution in [0.15, 0.2) is 54.6 Å². The Morgan fingerprint density at radius 3 is 2.30 bits per heavy atom. The molecule has 2 amide bonds. The van der Waals surface area contributed by atoms with E-state index in [4.69, 9.17) is 21.6 Å². The number of amides is 2. The molecular formula is C23H29N5O5. The number of ether oxygens (including phenoxy) is 1. The Balaban J connectivity index is 2.18. The van der Waals surface area contributed by atoms with E-state index < -0.39 is 30.6 Å². The van der Waals surface area contributed by atoms with E-state index >= 15 is 0 Å². The third kappa shape index (κ3) is 8.26. The topological polar surface area (TPSA) is 172 Å². The predicted molar refractivity (Wildman–Crippen MR) is 124 cm³/mol. The Hall–Kier alpha value is -3.92. The van der Waals surface area contributed by atoms with Gasteiger partial charge in [-0.05, 0) is 55.6 Å². The van der Waals surface area contributed by atoms with Gasteiger partial charge in [0.1, 0.15) is 25.0 Å². The second-order valence-corrected chi connectivity index (χ2v) is 7.32. The highest BCUT2D eigenvalue weighted by molar-refractivity contribution is 6.02. The van der Waals surface area contributed by atoms with Crippen molar-refractivity contribution < 1.29 is 24.2 Å². The molecule has 10 heteroatoms. The van der Waals surface area contributed by atoms with Gasteiger partial charge in [-0.1, -0.05) is 30.3 Å². The number of carbonyl (C=O) groups excluding carboxylic acids is 2. The SMILES string of the molecule is N=C(N)c1ccc(N(CC(=O)O)C(=O)[C@H](CCCCN)NC(=O)OCc2ccccc2)cc1. The molecule has 0 saturated carbocycles. The second-order valence-electron chi connectivity index (χ2n) is 7.32. The first-order valence-electron chi connectivity index (χ1n) is 10.5. The van der Waals surface area contributed by atoms with Crippen LogP contribution >= 0.6 is 0 Å². The highest BCUT2D eigenvalue weighted by atomic mass is 16.5. The Morgan fingerprint density at radius 1 is 1.06 bits per heavy atom. The standard InChI is InChI=1S/C23H29N5O5/c24-13-5-4-8-19(27-23(32)33-15-16-6-2-1-3-7-16)22(31)28(14-20(29)30)18-11-9-17(10-12-18)21(25)26/h1-3,6-7,9-12,19H,4-5,8,13-15,24H2,(H3,25,26)(H,27,32)(H,29,30)/t19-/m0/s1. The van der Waals surface area contributed by atoms with Crippen LogP contribution in [-0.2, 0) is 20.9 Å². The fourth-order valence-electron chi connectivity index (χ4n) is 3.10. The molecule has 1 atom stereocenters. The number of aliphatic carboxylic acids is 1. The van der Waals surface area contributed by atoms with Crippen molar-refractivity contribution in [1.82, 2.24) is 5.32 Å². The molecule has 2 aromatic rings. The summed E-state index contributed by atoms with van der Waals surface area (Å²) in [6, 6.07) is 14.1. The molecule has 176 valence electrons. The number of nitrogen functional groups attached to an aromatic ring is 1. The average molecular weight is 456 g/mol. The predicted octanol–water partition coefficient (Wildman–Crippen LogP) is 1.81.